The summed E-state index contributed by atoms with van der Waals surface area (Å²) >= 11 is 7.54. The Morgan fingerprint density at radius 2 is 2.08 bits per heavy atom. The maximum atomic E-state index is 6.00. The molecular weight excluding hydrogens is 352 g/mol. The van der Waals surface area contributed by atoms with Crippen LogP contribution in [-0.4, -0.2) is 22.4 Å². The minimum Gasteiger partial charge on any atom is -0.255 e. The van der Waals surface area contributed by atoms with Crippen molar-refractivity contribution in [2.75, 3.05) is 6.54 Å². The first-order valence-electron chi connectivity index (χ1n) is 7.70. The monoisotopic (exact) mass is 368 g/mol. The van der Waals surface area contributed by atoms with E-state index < -0.39 is 0 Å². The van der Waals surface area contributed by atoms with Gasteiger partial charge in [0.15, 0.2) is 0 Å². The fourth-order valence-corrected chi connectivity index (χ4v) is 3.07. The van der Waals surface area contributed by atoms with E-state index in [2.05, 4.69) is 21.7 Å². The van der Waals surface area contributed by atoms with Gasteiger partial charge in [-0.05, 0) is 31.2 Å². The second kappa shape index (κ2) is 8.05. The van der Waals surface area contributed by atoms with Crippen LogP contribution in [0, 0.1) is 0 Å². The van der Waals surface area contributed by atoms with Crippen LogP contribution in [0.1, 0.15) is 12.6 Å². The van der Waals surface area contributed by atoms with E-state index in [1.54, 1.807) is 23.7 Å². The summed E-state index contributed by atoms with van der Waals surface area (Å²) in [6.45, 7) is 6.43. The van der Waals surface area contributed by atoms with E-state index in [1.807, 2.05) is 59.4 Å². The largest absolute Gasteiger partial charge is 0.255 e. The lowest BCUT2D eigenvalue weighted by molar-refractivity contribution is 0.835. The molecule has 0 saturated heterocycles. The van der Waals surface area contributed by atoms with Gasteiger partial charge in [-0.25, -0.2) is 4.68 Å². The van der Waals surface area contributed by atoms with Gasteiger partial charge in [-0.15, -0.1) is 11.3 Å². The first-order chi connectivity index (χ1) is 12.1. The standard InChI is InChI=1S/C19H17ClN4S/c1-14(2)11-22-19-24(23-12-17-5-3-4-10-21-17)18(13-25-19)15-6-8-16(20)9-7-15/h3-10,12-13H,1,11H2,2H3. The van der Waals surface area contributed by atoms with Crippen LogP contribution < -0.4 is 4.80 Å². The van der Waals surface area contributed by atoms with Crippen molar-refractivity contribution in [2.45, 2.75) is 6.92 Å². The Morgan fingerprint density at radius 1 is 1.28 bits per heavy atom. The van der Waals surface area contributed by atoms with Gasteiger partial charge in [-0.2, -0.15) is 5.10 Å². The highest BCUT2D eigenvalue weighted by Gasteiger charge is 2.07. The minimum atomic E-state index is 0.569. The molecule has 6 heteroatoms. The van der Waals surface area contributed by atoms with Crippen LogP contribution in [0.15, 0.2) is 76.3 Å². The number of halogens is 1. The molecule has 0 radical (unpaired) electrons. The van der Waals surface area contributed by atoms with Crippen molar-refractivity contribution in [3.8, 4) is 11.3 Å². The highest BCUT2D eigenvalue weighted by atomic mass is 35.5. The van der Waals surface area contributed by atoms with Crippen LogP contribution in [0.25, 0.3) is 11.3 Å². The zero-order valence-corrected chi connectivity index (χ0v) is 15.3. The van der Waals surface area contributed by atoms with Crippen molar-refractivity contribution in [2.24, 2.45) is 10.1 Å². The molecule has 0 atom stereocenters. The molecule has 1 aromatic carbocycles. The van der Waals surface area contributed by atoms with Crippen molar-refractivity contribution in [1.29, 1.82) is 0 Å². The van der Waals surface area contributed by atoms with Gasteiger partial charge in [0.1, 0.15) is 0 Å². The third-order valence-electron chi connectivity index (χ3n) is 3.30. The summed E-state index contributed by atoms with van der Waals surface area (Å²) in [5.41, 5.74) is 3.76. The smallest absolute Gasteiger partial charge is 0.206 e. The molecule has 0 aliphatic carbocycles. The summed E-state index contributed by atoms with van der Waals surface area (Å²) in [4.78, 5) is 9.68. The molecule has 0 aliphatic rings. The molecule has 4 nitrogen and oxygen atoms in total. The quantitative estimate of drug-likeness (QED) is 0.478. The Hall–Kier alpha value is -2.50. The molecule has 25 heavy (non-hydrogen) atoms. The van der Waals surface area contributed by atoms with Gasteiger partial charge in [-0.1, -0.05) is 42.0 Å². The Labute approximate surface area is 155 Å². The van der Waals surface area contributed by atoms with Gasteiger partial charge >= 0.3 is 0 Å². The summed E-state index contributed by atoms with van der Waals surface area (Å²) in [5, 5.41) is 7.34. The Kier molecular flexibility index (Phi) is 5.58. The highest BCUT2D eigenvalue weighted by molar-refractivity contribution is 7.07. The van der Waals surface area contributed by atoms with Crippen molar-refractivity contribution in [3.05, 3.63) is 81.7 Å². The van der Waals surface area contributed by atoms with E-state index in [0.29, 0.717) is 11.6 Å². The third kappa shape index (κ3) is 4.53. The minimum absolute atomic E-state index is 0.569. The van der Waals surface area contributed by atoms with E-state index >= 15 is 0 Å². The lowest BCUT2D eigenvalue weighted by Gasteiger charge is -2.04. The number of pyridine rings is 1. The zero-order chi connectivity index (χ0) is 17.6. The van der Waals surface area contributed by atoms with E-state index in [9.17, 15) is 0 Å². The first kappa shape index (κ1) is 17.3. The molecule has 0 spiro atoms. The average molecular weight is 369 g/mol. The normalized spacial score (nSPS) is 12.0. The predicted molar refractivity (Wildman–Crippen MR) is 105 cm³/mol. The van der Waals surface area contributed by atoms with Gasteiger partial charge in [0.25, 0.3) is 0 Å². The lowest BCUT2D eigenvalue weighted by atomic mass is 10.2. The number of hydrogen-bond acceptors (Lipinski definition) is 4. The summed E-state index contributed by atoms with van der Waals surface area (Å²) in [7, 11) is 0. The number of benzene rings is 1. The number of aromatic nitrogens is 2. The molecule has 0 saturated carbocycles. The zero-order valence-electron chi connectivity index (χ0n) is 13.8. The average Bonchev–Trinajstić information content (AvgIpc) is 3.02. The van der Waals surface area contributed by atoms with Gasteiger partial charge in [0, 0.05) is 22.2 Å². The molecular formula is C19H17ClN4S. The van der Waals surface area contributed by atoms with Crippen molar-refractivity contribution >= 4 is 29.2 Å². The van der Waals surface area contributed by atoms with E-state index in [-0.39, 0.29) is 0 Å². The van der Waals surface area contributed by atoms with E-state index in [0.717, 1.165) is 27.3 Å². The molecule has 0 N–H and O–H groups in total. The number of rotatable bonds is 5. The maximum absolute atomic E-state index is 6.00. The third-order valence-corrected chi connectivity index (χ3v) is 4.41. The Morgan fingerprint density at radius 3 is 2.76 bits per heavy atom. The van der Waals surface area contributed by atoms with Gasteiger partial charge in [0.05, 0.1) is 24.1 Å². The lowest BCUT2D eigenvalue weighted by Crippen LogP contribution is -2.13. The molecule has 0 unspecified atom stereocenters. The summed E-state index contributed by atoms with van der Waals surface area (Å²) in [5.74, 6) is 0. The van der Waals surface area contributed by atoms with Gasteiger partial charge in [-0.3, -0.25) is 9.98 Å². The fourth-order valence-electron chi connectivity index (χ4n) is 2.11. The maximum Gasteiger partial charge on any atom is 0.206 e. The molecule has 0 fully saturated rings. The van der Waals surface area contributed by atoms with Crippen LogP contribution >= 0.6 is 22.9 Å². The van der Waals surface area contributed by atoms with Crippen LogP contribution in [0.2, 0.25) is 5.02 Å². The van der Waals surface area contributed by atoms with Crippen LogP contribution in [0.3, 0.4) is 0 Å². The molecule has 2 aromatic heterocycles. The predicted octanol–water partition coefficient (Wildman–Crippen LogP) is 4.62. The highest BCUT2D eigenvalue weighted by Crippen LogP contribution is 2.22. The SMILES string of the molecule is C=C(C)CN=c1scc(-c2ccc(Cl)cc2)n1N=Cc1ccccn1. The summed E-state index contributed by atoms with van der Waals surface area (Å²) in [6, 6.07) is 13.4. The van der Waals surface area contributed by atoms with Crippen LogP contribution in [-0.2, 0) is 0 Å². The topological polar surface area (TPSA) is 42.5 Å². The fraction of sp³-hybridized carbons (Fsp3) is 0.105. The molecule has 126 valence electrons. The van der Waals surface area contributed by atoms with Crippen LogP contribution in [0.4, 0.5) is 0 Å². The molecule has 3 rings (SSSR count). The van der Waals surface area contributed by atoms with E-state index in [1.165, 1.54) is 0 Å². The first-order valence-corrected chi connectivity index (χ1v) is 8.96. The Bertz CT molecular complexity index is 953. The number of nitrogens with zero attached hydrogens (tertiary/aromatic N) is 4. The molecule has 3 aromatic rings. The molecule has 0 aliphatic heterocycles. The van der Waals surface area contributed by atoms with Crippen molar-refractivity contribution in [1.82, 2.24) is 9.66 Å². The molecule has 2 heterocycles. The molecule has 0 bridgehead atoms. The second-order valence-corrected chi connectivity index (χ2v) is 6.77. The van der Waals surface area contributed by atoms with Gasteiger partial charge in [0.2, 0.25) is 4.80 Å². The summed E-state index contributed by atoms with van der Waals surface area (Å²) < 4.78 is 1.82. The van der Waals surface area contributed by atoms with Crippen molar-refractivity contribution in [3.63, 3.8) is 0 Å². The number of hydrogen-bond donors (Lipinski definition) is 0. The molecule has 0 amide bonds. The van der Waals surface area contributed by atoms with E-state index in [4.69, 9.17) is 11.6 Å². The van der Waals surface area contributed by atoms with Crippen LogP contribution in [0.5, 0.6) is 0 Å². The van der Waals surface area contributed by atoms with Gasteiger partial charge < -0.3 is 0 Å². The number of thiazole rings is 1. The second-order valence-electron chi connectivity index (χ2n) is 5.49. The van der Waals surface area contributed by atoms with Crippen molar-refractivity contribution < 1.29 is 0 Å². The Balaban J connectivity index is 2.06. The summed E-state index contributed by atoms with van der Waals surface area (Å²) in [6.07, 6.45) is 3.47.